The maximum Gasteiger partial charge on any atom is 0.116 e. The summed E-state index contributed by atoms with van der Waals surface area (Å²) >= 11 is 12.8. The first kappa shape index (κ1) is 15.4. The van der Waals surface area contributed by atoms with Gasteiger partial charge in [-0.3, -0.25) is 0 Å². The Balaban J connectivity index is 2.59. The number of halogens is 1. The fourth-order valence-corrected chi connectivity index (χ4v) is 7.77. The van der Waals surface area contributed by atoms with E-state index in [0.29, 0.717) is 26.2 Å². The Hall–Kier alpha value is 1.34. The van der Waals surface area contributed by atoms with Crippen molar-refractivity contribution in [1.82, 2.24) is 0 Å². The zero-order valence-corrected chi connectivity index (χ0v) is 14.2. The molecule has 0 aliphatic heterocycles. The van der Waals surface area contributed by atoms with Crippen molar-refractivity contribution in [2.45, 2.75) is 72.0 Å². The molecule has 1 aliphatic rings. The van der Waals surface area contributed by atoms with Gasteiger partial charge in [-0.15, -0.1) is 23.4 Å². The first-order chi connectivity index (χ1) is 7.27. The quantitative estimate of drug-likeness (QED) is 0.626. The van der Waals surface area contributed by atoms with Gasteiger partial charge in [0.1, 0.15) is 4.21 Å². The minimum absolute atomic E-state index is 0.0158. The van der Waals surface area contributed by atoms with Crippen molar-refractivity contribution in [1.29, 1.82) is 0 Å². The second kappa shape index (κ2) is 5.99. The van der Waals surface area contributed by atoms with Crippen LogP contribution in [0.4, 0.5) is 0 Å². The van der Waals surface area contributed by atoms with Crippen molar-refractivity contribution < 1.29 is 0 Å². The van der Waals surface area contributed by atoms with Crippen LogP contribution in [0.15, 0.2) is 0 Å². The third-order valence-electron chi connectivity index (χ3n) is 2.20. The molecule has 1 saturated carbocycles. The minimum atomic E-state index is -0.0158. The van der Waals surface area contributed by atoms with E-state index >= 15 is 0 Å². The van der Waals surface area contributed by atoms with Crippen molar-refractivity contribution in [3.8, 4) is 0 Å². The normalized spacial score (nSPS) is 34.1. The van der Waals surface area contributed by atoms with Crippen LogP contribution in [0.2, 0.25) is 0 Å². The van der Waals surface area contributed by atoms with Gasteiger partial charge in [0.15, 0.2) is 0 Å². The molecule has 0 aromatic heterocycles. The molecule has 96 valence electrons. The highest BCUT2D eigenvalue weighted by molar-refractivity contribution is 8.11. The summed E-state index contributed by atoms with van der Waals surface area (Å²) in [7, 11) is 0. The van der Waals surface area contributed by atoms with Gasteiger partial charge in [-0.2, -0.15) is 23.5 Å². The Morgan fingerprint density at radius 1 is 0.812 bits per heavy atom. The number of thioether (sulfide) groups is 3. The van der Waals surface area contributed by atoms with Gasteiger partial charge in [-0.05, 0) is 10.5 Å². The number of rotatable bonds is 6. The zero-order valence-electron chi connectivity index (χ0n) is 11.0. The Kier molecular flexibility index (Phi) is 5.76. The summed E-state index contributed by atoms with van der Waals surface area (Å²) in [6.45, 7) is 13.5. The minimum Gasteiger partial charge on any atom is -0.152 e. The van der Waals surface area contributed by atoms with Crippen LogP contribution in [0.25, 0.3) is 0 Å². The lowest BCUT2D eigenvalue weighted by Crippen LogP contribution is -2.06. The molecule has 0 N–H and O–H groups in total. The lowest BCUT2D eigenvalue weighted by atomic mass is 10.6. The summed E-state index contributed by atoms with van der Waals surface area (Å²) in [6, 6.07) is 0. The number of hydrogen-bond acceptors (Lipinski definition) is 3. The van der Waals surface area contributed by atoms with Crippen LogP contribution in [0.1, 0.15) is 41.5 Å². The van der Waals surface area contributed by atoms with Gasteiger partial charge < -0.3 is 0 Å². The third kappa shape index (κ3) is 3.93. The standard InChI is InChI=1S/C12H23ClS3/c1-7(2)14-10-11(15-8(3)4)12(10,13)16-9(5)6/h7-11H,1-6H3. The van der Waals surface area contributed by atoms with Crippen molar-refractivity contribution in [2.24, 2.45) is 0 Å². The predicted octanol–water partition coefficient (Wildman–Crippen LogP) is 5.10. The Bertz CT molecular complexity index is 212. The molecule has 1 fully saturated rings. The third-order valence-corrected chi connectivity index (χ3v) is 7.97. The van der Waals surface area contributed by atoms with Gasteiger partial charge >= 0.3 is 0 Å². The largest absolute Gasteiger partial charge is 0.152 e. The second-order valence-electron chi connectivity index (χ2n) is 5.08. The molecule has 0 spiro atoms. The average molecular weight is 299 g/mol. The van der Waals surface area contributed by atoms with Crippen LogP contribution in [-0.2, 0) is 0 Å². The first-order valence-electron chi connectivity index (χ1n) is 5.95. The fourth-order valence-electron chi connectivity index (χ4n) is 1.69. The van der Waals surface area contributed by atoms with Crippen LogP contribution in [0.3, 0.4) is 0 Å². The lowest BCUT2D eigenvalue weighted by Gasteiger charge is -2.13. The summed E-state index contributed by atoms with van der Waals surface area (Å²) in [6.07, 6.45) is 0. The van der Waals surface area contributed by atoms with Gasteiger partial charge in [0.25, 0.3) is 0 Å². The van der Waals surface area contributed by atoms with E-state index in [0.717, 1.165) is 0 Å². The molecule has 0 nitrogen and oxygen atoms in total. The van der Waals surface area contributed by atoms with Gasteiger partial charge in [0.2, 0.25) is 0 Å². The van der Waals surface area contributed by atoms with E-state index in [-0.39, 0.29) is 4.21 Å². The molecule has 0 amide bonds. The van der Waals surface area contributed by atoms with E-state index < -0.39 is 0 Å². The van der Waals surface area contributed by atoms with Crippen LogP contribution in [0, 0.1) is 0 Å². The maximum atomic E-state index is 6.78. The highest BCUT2D eigenvalue weighted by Crippen LogP contribution is 2.65. The van der Waals surface area contributed by atoms with Crippen LogP contribution >= 0.6 is 46.9 Å². The summed E-state index contributed by atoms with van der Waals surface area (Å²) in [5, 5.41) is 3.20. The van der Waals surface area contributed by atoms with E-state index in [1.54, 1.807) is 0 Å². The molecule has 1 rings (SSSR count). The van der Waals surface area contributed by atoms with Crippen molar-refractivity contribution >= 4 is 46.9 Å². The van der Waals surface area contributed by atoms with Gasteiger partial charge in [0.05, 0.1) is 0 Å². The summed E-state index contributed by atoms with van der Waals surface area (Å²) < 4.78 is -0.0158. The summed E-state index contributed by atoms with van der Waals surface area (Å²) in [5.74, 6) is 0. The van der Waals surface area contributed by atoms with Gasteiger partial charge in [-0.1, -0.05) is 41.5 Å². The molecule has 0 heterocycles. The molecule has 4 heteroatoms. The molecule has 0 aromatic rings. The molecule has 2 unspecified atom stereocenters. The fraction of sp³-hybridized carbons (Fsp3) is 1.00. The average Bonchev–Trinajstić information content (AvgIpc) is 2.54. The molecule has 0 radical (unpaired) electrons. The van der Waals surface area contributed by atoms with Crippen molar-refractivity contribution in [3.05, 3.63) is 0 Å². The van der Waals surface area contributed by atoms with Crippen LogP contribution < -0.4 is 0 Å². The topological polar surface area (TPSA) is 0 Å². The molecule has 0 aromatic carbocycles. The highest BCUT2D eigenvalue weighted by atomic mass is 35.5. The SMILES string of the molecule is CC(C)SC1C(SC(C)C)C1(Cl)SC(C)C. The Labute approximate surface area is 118 Å². The second-order valence-corrected chi connectivity index (χ2v) is 11.2. The summed E-state index contributed by atoms with van der Waals surface area (Å²) in [4.78, 5) is 0. The number of alkyl halides is 1. The van der Waals surface area contributed by atoms with E-state index in [4.69, 9.17) is 11.6 Å². The smallest absolute Gasteiger partial charge is 0.116 e. The zero-order chi connectivity index (χ0) is 12.5. The Morgan fingerprint density at radius 2 is 1.19 bits per heavy atom. The molecular weight excluding hydrogens is 276 g/mol. The van der Waals surface area contributed by atoms with Gasteiger partial charge in [0, 0.05) is 15.7 Å². The molecule has 2 atom stereocenters. The predicted molar refractivity (Wildman–Crippen MR) is 84.3 cm³/mol. The molecule has 1 aliphatic carbocycles. The molecule has 0 saturated heterocycles. The van der Waals surface area contributed by atoms with E-state index in [1.165, 1.54) is 0 Å². The van der Waals surface area contributed by atoms with Crippen molar-refractivity contribution in [2.75, 3.05) is 0 Å². The maximum absolute atomic E-state index is 6.78. The number of hydrogen-bond donors (Lipinski definition) is 0. The molecule has 0 bridgehead atoms. The molecule has 16 heavy (non-hydrogen) atoms. The van der Waals surface area contributed by atoms with E-state index in [9.17, 15) is 0 Å². The van der Waals surface area contributed by atoms with Crippen LogP contribution in [0.5, 0.6) is 0 Å². The van der Waals surface area contributed by atoms with E-state index in [1.807, 2.05) is 35.3 Å². The van der Waals surface area contributed by atoms with Crippen molar-refractivity contribution in [3.63, 3.8) is 0 Å². The van der Waals surface area contributed by atoms with Gasteiger partial charge in [-0.25, -0.2) is 0 Å². The van der Waals surface area contributed by atoms with E-state index in [2.05, 4.69) is 41.5 Å². The van der Waals surface area contributed by atoms with Crippen LogP contribution in [-0.4, -0.2) is 30.5 Å². The highest BCUT2D eigenvalue weighted by Gasteiger charge is 2.65. The Morgan fingerprint density at radius 3 is 1.44 bits per heavy atom. The monoisotopic (exact) mass is 298 g/mol. The molecular formula is C12H23ClS3. The summed E-state index contributed by atoms with van der Waals surface area (Å²) in [5.41, 5.74) is 0. The first-order valence-corrected chi connectivity index (χ1v) is 9.09. The lowest BCUT2D eigenvalue weighted by molar-refractivity contribution is 1.09.